The van der Waals surface area contributed by atoms with Crippen molar-refractivity contribution in [1.29, 1.82) is 0 Å². The largest absolute Gasteiger partial charge is 0.493 e. The maximum Gasteiger partial charge on any atom is 0.246 e. The van der Waals surface area contributed by atoms with Crippen LogP contribution in [0, 0.1) is 0 Å². The Hall–Kier alpha value is -1.81. The lowest BCUT2D eigenvalue weighted by Crippen LogP contribution is -2.41. The lowest BCUT2D eigenvalue weighted by molar-refractivity contribution is -0.128. The number of hydrogen-bond donors (Lipinski definition) is 1. The highest BCUT2D eigenvalue weighted by atomic mass is 16.5. The zero-order chi connectivity index (χ0) is 14.4. The highest BCUT2D eigenvalue weighted by molar-refractivity contribution is 5.92. The minimum atomic E-state index is -0.392. The van der Waals surface area contributed by atoms with Crippen LogP contribution < -0.4 is 4.74 Å². The van der Waals surface area contributed by atoms with E-state index in [1.807, 2.05) is 31.2 Å². The Labute approximate surface area is 119 Å². The third kappa shape index (κ3) is 3.84. The Morgan fingerprint density at radius 3 is 3.05 bits per heavy atom. The van der Waals surface area contributed by atoms with Crippen molar-refractivity contribution in [1.82, 2.24) is 4.90 Å². The fourth-order valence-corrected chi connectivity index (χ4v) is 2.33. The van der Waals surface area contributed by atoms with Gasteiger partial charge < -0.3 is 14.7 Å². The summed E-state index contributed by atoms with van der Waals surface area (Å²) in [5.41, 5.74) is 0.889. The molecule has 1 atom stereocenters. The number of aliphatic hydroxyl groups excluding tert-OH is 1. The van der Waals surface area contributed by atoms with Crippen LogP contribution in [0.4, 0.5) is 0 Å². The zero-order valence-electron chi connectivity index (χ0n) is 11.8. The molecule has 1 fully saturated rings. The van der Waals surface area contributed by atoms with Gasteiger partial charge in [-0.05, 0) is 31.9 Å². The molecule has 0 saturated carbocycles. The molecule has 0 aliphatic carbocycles. The molecule has 1 saturated heterocycles. The predicted octanol–water partition coefficient (Wildman–Crippen LogP) is 2.08. The summed E-state index contributed by atoms with van der Waals surface area (Å²) < 4.78 is 5.52. The summed E-state index contributed by atoms with van der Waals surface area (Å²) in [5.74, 6) is 0.716. The van der Waals surface area contributed by atoms with E-state index in [0.29, 0.717) is 19.7 Å². The monoisotopic (exact) mass is 275 g/mol. The molecule has 0 bridgehead atoms. The van der Waals surface area contributed by atoms with E-state index in [1.54, 1.807) is 17.1 Å². The summed E-state index contributed by atoms with van der Waals surface area (Å²) in [6, 6.07) is 7.63. The number of carbonyl (C=O) groups is 1. The highest BCUT2D eigenvalue weighted by Crippen LogP contribution is 2.19. The van der Waals surface area contributed by atoms with E-state index >= 15 is 0 Å². The van der Waals surface area contributed by atoms with Crippen molar-refractivity contribution < 1.29 is 14.6 Å². The molecule has 0 spiro atoms. The summed E-state index contributed by atoms with van der Waals surface area (Å²) in [7, 11) is 0. The van der Waals surface area contributed by atoms with Gasteiger partial charge >= 0.3 is 0 Å². The van der Waals surface area contributed by atoms with Gasteiger partial charge in [0.15, 0.2) is 0 Å². The molecule has 1 aromatic carbocycles. The molecule has 1 heterocycles. The number of β-amino-alcohol motifs (C(OH)–C–C–N with tert-alkyl or cyclic N) is 1. The molecule has 108 valence electrons. The molecule has 1 aliphatic rings. The standard InChI is InChI=1S/C16H21NO3/c1-2-20-15-8-4-3-6-13(15)9-10-16(19)17-11-5-7-14(18)12-17/h3-4,6,8-10,14,18H,2,5,7,11-12H2,1H3/b10-9+. The van der Waals surface area contributed by atoms with Crippen LogP contribution >= 0.6 is 0 Å². The molecule has 20 heavy (non-hydrogen) atoms. The van der Waals surface area contributed by atoms with Gasteiger partial charge in [-0.3, -0.25) is 4.79 Å². The lowest BCUT2D eigenvalue weighted by atomic mass is 10.1. The van der Waals surface area contributed by atoms with Crippen molar-refractivity contribution in [3.8, 4) is 5.75 Å². The lowest BCUT2D eigenvalue weighted by Gasteiger charge is -2.29. The molecule has 4 nitrogen and oxygen atoms in total. The van der Waals surface area contributed by atoms with Gasteiger partial charge in [0.1, 0.15) is 5.75 Å². The van der Waals surface area contributed by atoms with Gasteiger partial charge in [-0.25, -0.2) is 0 Å². The number of para-hydroxylation sites is 1. The topological polar surface area (TPSA) is 49.8 Å². The average molecular weight is 275 g/mol. The fourth-order valence-electron chi connectivity index (χ4n) is 2.33. The first-order chi connectivity index (χ1) is 9.70. The van der Waals surface area contributed by atoms with Gasteiger partial charge in [0.2, 0.25) is 5.91 Å². The van der Waals surface area contributed by atoms with Crippen LogP contribution in [-0.2, 0) is 4.79 Å². The van der Waals surface area contributed by atoms with Crippen molar-refractivity contribution in [3.63, 3.8) is 0 Å². The first-order valence-corrected chi connectivity index (χ1v) is 7.07. The SMILES string of the molecule is CCOc1ccccc1/C=C/C(=O)N1CCCC(O)C1. The summed E-state index contributed by atoms with van der Waals surface area (Å²) in [4.78, 5) is 13.8. The van der Waals surface area contributed by atoms with Crippen LogP contribution in [0.25, 0.3) is 6.08 Å². The van der Waals surface area contributed by atoms with Crippen LogP contribution in [0.2, 0.25) is 0 Å². The van der Waals surface area contributed by atoms with Crippen LogP contribution in [0.15, 0.2) is 30.3 Å². The minimum Gasteiger partial charge on any atom is -0.493 e. The molecule has 1 N–H and O–H groups in total. The van der Waals surface area contributed by atoms with Gasteiger partial charge in [0, 0.05) is 24.7 Å². The number of benzene rings is 1. The smallest absolute Gasteiger partial charge is 0.246 e. The Balaban J connectivity index is 2.03. The van der Waals surface area contributed by atoms with Crippen molar-refractivity contribution in [2.45, 2.75) is 25.9 Å². The van der Waals surface area contributed by atoms with Gasteiger partial charge in [0.25, 0.3) is 0 Å². The summed E-state index contributed by atoms with van der Waals surface area (Å²) in [6.45, 7) is 3.67. The van der Waals surface area contributed by atoms with Gasteiger partial charge in [-0.2, -0.15) is 0 Å². The fraction of sp³-hybridized carbons (Fsp3) is 0.438. The van der Waals surface area contributed by atoms with E-state index in [1.165, 1.54) is 0 Å². The molecule has 1 aliphatic heterocycles. The number of piperidine rings is 1. The normalized spacial score (nSPS) is 19.3. The molecule has 1 aromatic rings. The number of amides is 1. The van der Waals surface area contributed by atoms with Crippen molar-refractivity contribution >= 4 is 12.0 Å². The van der Waals surface area contributed by atoms with E-state index in [0.717, 1.165) is 24.2 Å². The number of ether oxygens (including phenoxy) is 1. The molecule has 0 aromatic heterocycles. The molecule has 4 heteroatoms. The highest BCUT2D eigenvalue weighted by Gasteiger charge is 2.20. The Morgan fingerprint density at radius 2 is 2.30 bits per heavy atom. The molecule has 0 radical (unpaired) electrons. The number of likely N-dealkylation sites (tertiary alicyclic amines) is 1. The maximum absolute atomic E-state index is 12.1. The molecule has 1 amide bonds. The van der Waals surface area contributed by atoms with E-state index in [2.05, 4.69) is 0 Å². The number of aliphatic hydroxyl groups is 1. The van der Waals surface area contributed by atoms with E-state index in [9.17, 15) is 9.90 Å². The zero-order valence-corrected chi connectivity index (χ0v) is 11.8. The second-order valence-corrected chi connectivity index (χ2v) is 4.88. The van der Waals surface area contributed by atoms with Crippen molar-refractivity contribution in [3.05, 3.63) is 35.9 Å². The molecule has 1 unspecified atom stereocenters. The number of nitrogens with zero attached hydrogens (tertiary/aromatic N) is 1. The van der Waals surface area contributed by atoms with Crippen molar-refractivity contribution in [2.75, 3.05) is 19.7 Å². The third-order valence-electron chi connectivity index (χ3n) is 3.33. The van der Waals surface area contributed by atoms with Gasteiger partial charge in [-0.15, -0.1) is 0 Å². The Morgan fingerprint density at radius 1 is 1.50 bits per heavy atom. The molecular weight excluding hydrogens is 254 g/mol. The summed E-state index contributed by atoms with van der Waals surface area (Å²) >= 11 is 0. The van der Waals surface area contributed by atoms with Crippen LogP contribution in [0.1, 0.15) is 25.3 Å². The van der Waals surface area contributed by atoms with Crippen LogP contribution in [-0.4, -0.2) is 41.7 Å². The predicted molar refractivity (Wildman–Crippen MR) is 78.5 cm³/mol. The van der Waals surface area contributed by atoms with Crippen molar-refractivity contribution in [2.24, 2.45) is 0 Å². The maximum atomic E-state index is 12.1. The van der Waals surface area contributed by atoms with Gasteiger partial charge in [0.05, 0.1) is 12.7 Å². The van der Waals surface area contributed by atoms with E-state index in [-0.39, 0.29) is 5.91 Å². The summed E-state index contributed by atoms with van der Waals surface area (Å²) in [6.07, 6.45) is 4.57. The van der Waals surface area contributed by atoms with Crippen LogP contribution in [0.5, 0.6) is 5.75 Å². The first kappa shape index (κ1) is 14.6. The molecular formula is C16H21NO3. The summed E-state index contributed by atoms with van der Waals surface area (Å²) in [5, 5.41) is 9.59. The third-order valence-corrected chi connectivity index (χ3v) is 3.33. The van der Waals surface area contributed by atoms with Crippen LogP contribution in [0.3, 0.4) is 0 Å². The second kappa shape index (κ2) is 7.10. The first-order valence-electron chi connectivity index (χ1n) is 7.07. The average Bonchev–Trinajstić information content (AvgIpc) is 2.46. The quantitative estimate of drug-likeness (QED) is 0.856. The second-order valence-electron chi connectivity index (χ2n) is 4.88. The number of rotatable bonds is 4. The number of carbonyl (C=O) groups excluding carboxylic acids is 1. The van der Waals surface area contributed by atoms with E-state index in [4.69, 9.17) is 4.74 Å². The molecule has 2 rings (SSSR count). The Bertz CT molecular complexity index is 484. The minimum absolute atomic E-state index is 0.0601. The van der Waals surface area contributed by atoms with E-state index < -0.39 is 6.10 Å². The Kier molecular flexibility index (Phi) is 5.18. The van der Waals surface area contributed by atoms with Gasteiger partial charge in [-0.1, -0.05) is 18.2 Å². The number of hydrogen-bond acceptors (Lipinski definition) is 3.